The zero-order chi connectivity index (χ0) is 26.9. The topological polar surface area (TPSA) is 65.6 Å². The lowest BCUT2D eigenvalue weighted by atomic mass is 10.1. The van der Waals surface area contributed by atoms with Crippen molar-refractivity contribution in [1.29, 1.82) is 0 Å². The molecule has 202 valence electrons. The van der Waals surface area contributed by atoms with E-state index < -0.39 is 0 Å². The van der Waals surface area contributed by atoms with Gasteiger partial charge in [0.2, 0.25) is 0 Å². The van der Waals surface area contributed by atoms with Gasteiger partial charge in [-0.2, -0.15) is 0 Å². The standard InChI is InChI=1S/C29H42N4O4/c1-22(2)31-14-9-15-33(28(34)21-36-5)26-11-8-7-10-24(26)20-32(17-16-31)29(35)23-12-13-27(37-6)25(18-23)19-30(3)4/h7-8,10-13,18,22H,9,14-17,19-21H2,1-6H3. The molecule has 2 aromatic rings. The molecule has 1 heterocycles. The molecule has 0 bridgehead atoms. The second kappa shape index (κ2) is 13.6. The summed E-state index contributed by atoms with van der Waals surface area (Å²) in [5.41, 5.74) is 3.38. The molecule has 0 saturated heterocycles. The molecule has 0 aliphatic carbocycles. The van der Waals surface area contributed by atoms with Gasteiger partial charge >= 0.3 is 0 Å². The van der Waals surface area contributed by atoms with Crippen LogP contribution in [0.25, 0.3) is 0 Å². The van der Waals surface area contributed by atoms with Crippen LogP contribution in [0, 0.1) is 0 Å². The van der Waals surface area contributed by atoms with Crippen molar-refractivity contribution in [2.75, 3.05) is 66.0 Å². The van der Waals surface area contributed by atoms with Crippen LogP contribution in [-0.2, 0) is 22.6 Å². The first kappa shape index (κ1) is 28.6. The van der Waals surface area contributed by atoms with E-state index in [0.717, 1.165) is 42.1 Å². The maximum absolute atomic E-state index is 13.9. The number of para-hydroxylation sites is 1. The Kier molecular flexibility index (Phi) is 10.5. The number of nitrogens with zero attached hydrogens (tertiary/aromatic N) is 4. The normalized spacial score (nSPS) is 15.5. The summed E-state index contributed by atoms with van der Waals surface area (Å²) in [6.07, 6.45) is 0.836. The monoisotopic (exact) mass is 510 g/mol. The molecule has 0 N–H and O–H groups in total. The van der Waals surface area contributed by atoms with Gasteiger partial charge in [0.05, 0.1) is 7.11 Å². The molecule has 2 aromatic carbocycles. The third-order valence-electron chi connectivity index (χ3n) is 6.73. The van der Waals surface area contributed by atoms with Gasteiger partial charge in [0.25, 0.3) is 11.8 Å². The van der Waals surface area contributed by atoms with Crippen LogP contribution in [0.1, 0.15) is 41.8 Å². The highest BCUT2D eigenvalue weighted by Crippen LogP contribution is 2.26. The maximum atomic E-state index is 13.9. The van der Waals surface area contributed by atoms with Crippen LogP contribution in [-0.4, -0.2) is 93.7 Å². The Morgan fingerprint density at radius 3 is 2.43 bits per heavy atom. The predicted octanol–water partition coefficient (Wildman–Crippen LogP) is 3.49. The first-order valence-corrected chi connectivity index (χ1v) is 13.0. The fraction of sp³-hybridized carbons (Fsp3) is 0.517. The van der Waals surface area contributed by atoms with Crippen molar-refractivity contribution in [3.63, 3.8) is 0 Å². The number of methoxy groups -OCH3 is 2. The SMILES string of the molecule is COCC(=O)N1CCCN(C(C)C)CCN(C(=O)c2ccc(OC)c(CN(C)C)c2)Cc2ccccc21. The van der Waals surface area contributed by atoms with E-state index in [4.69, 9.17) is 9.47 Å². The number of anilines is 1. The number of carbonyl (C=O) groups excluding carboxylic acids is 2. The highest BCUT2D eigenvalue weighted by molar-refractivity contribution is 5.96. The molecular weight excluding hydrogens is 468 g/mol. The van der Waals surface area contributed by atoms with Crippen LogP contribution >= 0.6 is 0 Å². The molecule has 1 aliphatic heterocycles. The van der Waals surface area contributed by atoms with E-state index in [-0.39, 0.29) is 18.4 Å². The molecule has 0 radical (unpaired) electrons. The Hall–Kier alpha value is -2.94. The van der Waals surface area contributed by atoms with Crippen LogP contribution in [0.4, 0.5) is 5.69 Å². The average molecular weight is 511 g/mol. The average Bonchev–Trinajstić information content (AvgIpc) is 2.90. The molecule has 1 aliphatic rings. The summed E-state index contributed by atoms with van der Waals surface area (Å²) >= 11 is 0. The van der Waals surface area contributed by atoms with Crippen molar-refractivity contribution in [2.45, 2.75) is 39.4 Å². The fourth-order valence-electron chi connectivity index (χ4n) is 4.81. The van der Waals surface area contributed by atoms with Gasteiger partial charge in [-0.25, -0.2) is 0 Å². The third kappa shape index (κ3) is 7.53. The Bertz CT molecular complexity index is 1060. The zero-order valence-corrected chi connectivity index (χ0v) is 23.2. The number of benzene rings is 2. The van der Waals surface area contributed by atoms with Crippen LogP contribution in [0.3, 0.4) is 0 Å². The Labute approximate surface area is 221 Å². The first-order chi connectivity index (χ1) is 17.7. The molecule has 0 fully saturated rings. The minimum absolute atomic E-state index is 0.0192. The maximum Gasteiger partial charge on any atom is 0.254 e. The lowest BCUT2D eigenvalue weighted by molar-refractivity contribution is -0.122. The molecule has 37 heavy (non-hydrogen) atoms. The highest BCUT2D eigenvalue weighted by Gasteiger charge is 2.25. The summed E-state index contributed by atoms with van der Waals surface area (Å²) in [6.45, 7) is 8.24. The number of rotatable bonds is 7. The number of hydrogen-bond acceptors (Lipinski definition) is 6. The van der Waals surface area contributed by atoms with E-state index in [9.17, 15) is 9.59 Å². The van der Waals surface area contributed by atoms with Crippen LogP contribution < -0.4 is 9.64 Å². The zero-order valence-electron chi connectivity index (χ0n) is 23.2. The van der Waals surface area contributed by atoms with E-state index in [1.54, 1.807) is 7.11 Å². The molecule has 0 aromatic heterocycles. The lowest BCUT2D eigenvalue weighted by Gasteiger charge is -2.30. The van der Waals surface area contributed by atoms with Crippen LogP contribution in [0.15, 0.2) is 42.5 Å². The van der Waals surface area contributed by atoms with Gasteiger partial charge < -0.3 is 24.2 Å². The van der Waals surface area contributed by atoms with E-state index in [1.807, 2.05) is 66.4 Å². The van der Waals surface area contributed by atoms with Gasteiger partial charge in [-0.05, 0) is 64.2 Å². The van der Waals surface area contributed by atoms with Gasteiger partial charge in [0, 0.05) is 69.2 Å². The van der Waals surface area contributed by atoms with Crippen molar-refractivity contribution in [3.8, 4) is 5.75 Å². The summed E-state index contributed by atoms with van der Waals surface area (Å²) in [4.78, 5) is 35.1. The molecule has 0 unspecified atom stereocenters. The van der Waals surface area contributed by atoms with E-state index in [2.05, 4.69) is 23.6 Å². The number of ether oxygens (including phenoxy) is 2. The Morgan fingerprint density at radius 2 is 1.76 bits per heavy atom. The number of fused-ring (bicyclic) bond motifs is 1. The molecule has 2 amide bonds. The summed E-state index contributed by atoms with van der Waals surface area (Å²) in [5, 5.41) is 0. The van der Waals surface area contributed by atoms with Crippen molar-refractivity contribution < 1.29 is 19.1 Å². The highest BCUT2D eigenvalue weighted by atomic mass is 16.5. The van der Waals surface area contributed by atoms with E-state index in [0.29, 0.717) is 37.8 Å². The second-order valence-corrected chi connectivity index (χ2v) is 10.1. The molecule has 3 rings (SSSR count). The molecule has 8 nitrogen and oxygen atoms in total. The quantitative estimate of drug-likeness (QED) is 0.568. The molecular formula is C29H42N4O4. The first-order valence-electron chi connectivity index (χ1n) is 13.0. The summed E-state index contributed by atoms with van der Waals surface area (Å²) in [5.74, 6) is 0.660. The van der Waals surface area contributed by atoms with Crippen molar-refractivity contribution in [1.82, 2.24) is 14.7 Å². The fourth-order valence-corrected chi connectivity index (χ4v) is 4.81. The largest absolute Gasteiger partial charge is 0.496 e. The number of amides is 2. The van der Waals surface area contributed by atoms with Gasteiger partial charge in [0.15, 0.2) is 0 Å². The third-order valence-corrected chi connectivity index (χ3v) is 6.73. The minimum Gasteiger partial charge on any atom is -0.496 e. The van der Waals surface area contributed by atoms with Crippen molar-refractivity contribution >= 4 is 17.5 Å². The Morgan fingerprint density at radius 1 is 1.00 bits per heavy atom. The van der Waals surface area contributed by atoms with Gasteiger partial charge in [-0.3, -0.25) is 14.5 Å². The van der Waals surface area contributed by atoms with Crippen LogP contribution in [0.5, 0.6) is 5.75 Å². The van der Waals surface area contributed by atoms with Crippen molar-refractivity contribution in [3.05, 3.63) is 59.2 Å². The molecule has 0 spiro atoms. The van der Waals surface area contributed by atoms with Crippen LogP contribution in [0.2, 0.25) is 0 Å². The summed E-state index contributed by atoms with van der Waals surface area (Å²) < 4.78 is 10.7. The summed E-state index contributed by atoms with van der Waals surface area (Å²) in [6, 6.07) is 13.9. The lowest BCUT2D eigenvalue weighted by Crippen LogP contribution is -2.41. The van der Waals surface area contributed by atoms with Crippen molar-refractivity contribution in [2.24, 2.45) is 0 Å². The second-order valence-electron chi connectivity index (χ2n) is 10.1. The molecule has 8 heteroatoms. The summed E-state index contributed by atoms with van der Waals surface area (Å²) in [7, 11) is 7.18. The van der Waals surface area contributed by atoms with Gasteiger partial charge in [-0.1, -0.05) is 18.2 Å². The smallest absolute Gasteiger partial charge is 0.254 e. The minimum atomic E-state index is -0.0772. The van der Waals surface area contributed by atoms with Gasteiger partial charge in [-0.15, -0.1) is 0 Å². The number of hydrogen-bond donors (Lipinski definition) is 0. The van der Waals surface area contributed by atoms with Gasteiger partial charge in [0.1, 0.15) is 12.4 Å². The van der Waals surface area contributed by atoms with E-state index >= 15 is 0 Å². The molecule has 0 saturated carbocycles. The van der Waals surface area contributed by atoms with E-state index in [1.165, 1.54) is 7.11 Å². The predicted molar refractivity (Wildman–Crippen MR) is 147 cm³/mol. The molecule has 0 atom stereocenters. The Balaban J connectivity index is 2.01. The number of carbonyl (C=O) groups is 2.